The van der Waals surface area contributed by atoms with Gasteiger partial charge in [0.1, 0.15) is 0 Å². The smallest absolute Gasteiger partial charge is 0.239 e. The minimum atomic E-state index is -0.132. The topological polar surface area (TPSA) is 41.6 Å². The second-order valence-electron chi connectivity index (χ2n) is 4.50. The summed E-state index contributed by atoms with van der Waals surface area (Å²) in [6, 6.07) is -0.132. The van der Waals surface area contributed by atoms with Crippen LogP contribution in [0.3, 0.4) is 0 Å². The maximum absolute atomic E-state index is 11.7. The van der Waals surface area contributed by atoms with E-state index in [-0.39, 0.29) is 11.9 Å². The summed E-state index contributed by atoms with van der Waals surface area (Å²) >= 11 is 0. The molecule has 1 N–H and O–H groups in total. The Bertz CT molecular complexity index is 195. The molecular weight excluding hydrogens is 204 g/mol. The van der Waals surface area contributed by atoms with Crippen LogP contribution in [0.1, 0.15) is 27.7 Å². The number of carbonyl (C=O) groups excluding carboxylic acids is 1. The van der Waals surface area contributed by atoms with Crippen molar-refractivity contribution in [3.8, 4) is 0 Å². The molecule has 0 aliphatic rings. The maximum Gasteiger partial charge on any atom is 0.239 e. The Kier molecular flexibility index (Phi) is 8.21. The van der Waals surface area contributed by atoms with E-state index in [2.05, 4.69) is 19.2 Å². The fourth-order valence-corrected chi connectivity index (χ4v) is 1.24. The number of nitrogens with zero attached hydrogens (tertiary/aromatic N) is 1. The van der Waals surface area contributed by atoms with Crippen LogP contribution in [0.5, 0.6) is 0 Å². The highest BCUT2D eigenvalue weighted by atomic mass is 16.5. The first-order chi connectivity index (χ1) is 7.49. The van der Waals surface area contributed by atoms with Crippen LogP contribution < -0.4 is 5.32 Å². The normalized spacial score (nSPS) is 12.9. The van der Waals surface area contributed by atoms with Gasteiger partial charge in [-0.1, -0.05) is 13.8 Å². The van der Waals surface area contributed by atoms with Crippen molar-refractivity contribution in [1.82, 2.24) is 10.2 Å². The van der Waals surface area contributed by atoms with Crippen molar-refractivity contribution in [2.75, 3.05) is 33.4 Å². The van der Waals surface area contributed by atoms with Crippen molar-refractivity contribution < 1.29 is 9.53 Å². The van der Waals surface area contributed by atoms with E-state index in [1.54, 1.807) is 4.90 Å². The van der Waals surface area contributed by atoms with Gasteiger partial charge >= 0.3 is 0 Å². The molecule has 4 heteroatoms. The van der Waals surface area contributed by atoms with Crippen molar-refractivity contribution in [3.05, 3.63) is 0 Å². The van der Waals surface area contributed by atoms with Gasteiger partial charge in [-0.3, -0.25) is 4.79 Å². The Morgan fingerprint density at radius 3 is 2.50 bits per heavy atom. The molecule has 1 unspecified atom stereocenters. The number of amides is 1. The van der Waals surface area contributed by atoms with Gasteiger partial charge in [0.15, 0.2) is 0 Å². The molecule has 0 spiro atoms. The van der Waals surface area contributed by atoms with Gasteiger partial charge in [-0.15, -0.1) is 0 Å². The van der Waals surface area contributed by atoms with E-state index in [0.29, 0.717) is 12.5 Å². The summed E-state index contributed by atoms with van der Waals surface area (Å²) in [5.41, 5.74) is 0. The summed E-state index contributed by atoms with van der Waals surface area (Å²) in [6.07, 6.45) is 0. The van der Waals surface area contributed by atoms with E-state index in [4.69, 9.17) is 4.74 Å². The molecule has 0 aliphatic carbocycles. The summed E-state index contributed by atoms with van der Waals surface area (Å²) in [5.74, 6) is 0.691. The lowest BCUT2D eigenvalue weighted by Crippen LogP contribution is -2.44. The molecule has 0 heterocycles. The van der Waals surface area contributed by atoms with Crippen molar-refractivity contribution in [1.29, 1.82) is 0 Å². The van der Waals surface area contributed by atoms with Crippen molar-refractivity contribution in [3.63, 3.8) is 0 Å². The Labute approximate surface area is 99.3 Å². The zero-order chi connectivity index (χ0) is 12.6. The van der Waals surface area contributed by atoms with Crippen molar-refractivity contribution >= 4 is 5.91 Å². The summed E-state index contributed by atoms with van der Waals surface area (Å²) in [6.45, 7) is 11.0. The lowest BCUT2D eigenvalue weighted by Gasteiger charge is -2.20. The predicted octanol–water partition coefficient (Wildman–Crippen LogP) is 1.12. The van der Waals surface area contributed by atoms with Crippen LogP contribution in [0, 0.1) is 5.92 Å². The minimum absolute atomic E-state index is 0.131. The number of hydrogen-bond donors (Lipinski definition) is 1. The van der Waals surface area contributed by atoms with Crippen LogP contribution in [0.2, 0.25) is 0 Å². The van der Waals surface area contributed by atoms with Gasteiger partial charge in [-0.25, -0.2) is 0 Å². The Morgan fingerprint density at radius 1 is 1.38 bits per heavy atom. The average molecular weight is 230 g/mol. The van der Waals surface area contributed by atoms with Gasteiger partial charge in [0.05, 0.1) is 12.6 Å². The number of likely N-dealkylation sites (N-methyl/N-ethyl adjacent to an activating group) is 1. The quantitative estimate of drug-likeness (QED) is 0.635. The summed E-state index contributed by atoms with van der Waals surface area (Å²) in [7, 11) is 1.82. The summed E-state index contributed by atoms with van der Waals surface area (Å²) in [5, 5.41) is 3.16. The molecule has 0 aliphatic heterocycles. The van der Waals surface area contributed by atoms with E-state index in [0.717, 1.165) is 19.7 Å². The molecule has 0 aromatic rings. The molecule has 0 bridgehead atoms. The molecule has 0 aromatic carbocycles. The van der Waals surface area contributed by atoms with Crippen LogP contribution in [0.15, 0.2) is 0 Å². The predicted molar refractivity (Wildman–Crippen MR) is 66.4 cm³/mol. The van der Waals surface area contributed by atoms with E-state index in [1.807, 2.05) is 20.9 Å². The van der Waals surface area contributed by atoms with Gasteiger partial charge in [0, 0.05) is 26.7 Å². The molecule has 0 saturated heterocycles. The van der Waals surface area contributed by atoms with Crippen LogP contribution in [-0.2, 0) is 9.53 Å². The van der Waals surface area contributed by atoms with E-state index >= 15 is 0 Å². The third-order valence-electron chi connectivity index (χ3n) is 2.37. The van der Waals surface area contributed by atoms with Crippen molar-refractivity contribution in [2.45, 2.75) is 33.7 Å². The first-order valence-electron chi connectivity index (χ1n) is 6.05. The second-order valence-corrected chi connectivity index (χ2v) is 4.50. The fraction of sp³-hybridized carbons (Fsp3) is 0.917. The number of hydrogen-bond acceptors (Lipinski definition) is 3. The highest BCUT2D eigenvalue weighted by molar-refractivity contribution is 5.81. The van der Waals surface area contributed by atoms with Crippen LogP contribution in [0.4, 0.5) is 0 Å². The first-order valence-corrected chi connectivity index (χ1v) is 6.05. The standard InChI is InChI=1S/C12H26N2O2/c1-6-14(5)12(15)11(4)13-7-8-16-9-10(2)3/h10-11,13H,6-9H2,1-5H3. The highest BCUT2D eigenvalue weighted by Gasteiger charge is 2.14. The van der Waals surface area contributed by atoms with E-state index in [9.17, 15) is 4.79 Å². The molecule has 0 aromatic heterocycles. The van der Waals surface area contributed by atoms with Crippen LogP contribution in [0.25, 0.3) is 0 Å². The minimum Gasteiger partial charge on any atom is -0.380 e. The Morgan fingerprint density at radius 2 is 2.00 bits per heavy atom. The lowest BCUT2D eigenvalue weighted by molar-refractivity contribution is -0.131. The summed E-state index contributed by atoms with van der Waals surface area (Å²) < 4.78 is 5.42. The number of nitrogens with one attached hydrogen (secondary N) is 1. The molecule has 0 saturated carbocycles. The summed E-state index contributed by atoms with van der Waals surface area (Å²) in [4.78, 5) is 13.4. The van der Waals surface area contributed by atoms with Gasteiger partial charge in [-0.05, 0) is 19.8 Å². The van der Waals surface area contributed by atoms with Crippen molar-refractivity contribution in [2.24, 2.45) is 5.92 Å². The molecule has 16 heavy (non-hydrogen) atoms. The monoisotopic (exact) mass is 230 g/mol. The Balaban J connectivity index is 3.57. The Hall–Kier alpha value is -0.610. The number of carbonyl (C=O) groups is 1. The molecule has 1 amide bonds. The lowest BCUT2D eigenvalue weighted by atomic mass is 10.2. The number of ether oxygens (including phenoxy) is 1. The van der Waals surface area contributed by atoms with Crippen LogP contribution in [-0.4, -0.2) is 50.2 Å². The molecule has 4 nitrogen and oxygen atoms in total. The first kappa shape index (κ1) is 15.4. The largest absolute Gasteiger partial charge is 0.380 e. The molecule has 0 rings (SSSR count). The van der Waals surface area contributed by atoms with E-state index in [1.165, 1.54) is 0 Å². The van der Waals surface area contributed by atoms with Gasteiger partial charge in [-0.2, -0.15) is 0 Å². The molecular formula is C12H26N2O2. The molecule has 0 fully saturated rings. The SMILES string of the molecule is CCN(C)C(=O)C(C)NCCOCC(C)C. The second kappa shape index (κ2) is 8.53. The highest BCUT2D eigenvalue weighted by Crippen LogP contribution is 1.93. The molecule has 1 atom stereocenters. The zero-order valence-electron chi connectivity index (χ0n) is 11.2. The van der Waals surface area contributed by atoms with Crippen LogP contribution >= 0.6 is 0 Å². The zero-order valence-corrected chi connectivity index (χ0v) is 11.2. The third-order valence-corrected chi connectivity index (χ3v) is 2.37. The maximum atomic E-state index is 11.7. The van der Waals surface area contributed by atoms with Gasteiger partial charge < -0.3 is 15.0 Å². The molecule has 0 radical (unpaired) electrons. The van der Waals surface area contributed by atoms with Gasteiger partial charge in [0.25, 0.3) is 0 Å². The van der Waals surface area contributed by atoms with Gasteiger partial charge in [0.2, 0.25) is 5.91 Å². The number of rotatable bonds is 8. The molecule has 96 valence electrons. The fourth-order valence-electron chi connectivity index (χ4n) is 1.24. The average Bonchev–Trinajstić information content (AvgIpc) is 2.25. The van der Waals surface area contributed by atoms with E-state index < -0.39 is 0 Å². The third kappa shape index (κ3) is 6.80.